The van der Waals surface area contributed by atoms with E-state index in [0.717, 1.165) is 16.6 Å². The second-order valence-corrected chi connectivity index (χ2v) is 5.61. The highest BCUT2D eigenvalue weighted by Crippen LogP contribution is 2.27. The average molecular weight is 330 g/mol. The summed E-state index contributed by atoms with van der Waals surface area (Å²) >= 11 is 1.52. The molecule has 0 aliphatic heterocycles. The van der Waals surface area contributed by atoms with Crippen molar-refractivity contribution in [3.63, 3.8) is 0 Å². The van der Waals surface area contributed by atoms with Crippen molar-refractivity contribution in [2.75, 3.05) is 13.6 Å². The van der Waals surface area contributed by atoms with Gasteiger partial charge in [-0.3, -0.25) is 4.98 Å². The Hall–Kier alpha value is -1.91. The zero-order chi connectivity index (χ0) is 16.9. The minimum absolute atomic E-state index is 0.271. The molecule has 3 aromatic rings. The number of aromatic hydroxyl groups is 1. The highest BCUT2D eigenvalue weighted by Gasteiger charge is 1.98. The molecule has 124 valence electrons. The first-order chi connectivity index (χ1) is 11.3. The Labute approximate surface area is 143 Å². The Balaban J connectivity index is 0.000000208. The van der Waals surface area contributed by atoms with E-state index in [4.69, 9.17) is 0 Å². The Morgan fingerprint density at radius 2 is 1.83 bits per heavy atom. The van der Waals surface area contributed by atoms with Gasteiger partial charge in [-0.25, -0.2) is 0 Å². The summed E-state index contributed by atoms with van der Waals surface area (Å²) in [4.78, 5) is 3.84. The summed E-state index contributed by atoms with van der Waals surface area (Å²) in [5.41, 5.74) is 1.43. The summed E-state index contributed by atoms with van der Waals surface area (Å²) in [6.07, 6.45) is 5.60. The summed E-state index contributed by atoms with van der Waals surface area (Å²) in [7, 11) is 1.99. The number of benzene rings is 1. The molecular weight excluding hydrogens is 304 g/mol. The third kappa shape index (κ3) is 6.80. The molecule has 0 spiro atoms. The third-order valence-corrected chi connectivity index (χ3v) is 4.03. The molecule has 0 fully saturated rings. The first-order valence-electron chi connectivity index (χ1n) is 8.00. The van der Waals surface area contributed by atoms with Crippen LogP contribution in [0.25, 0.3) is 10.1 Å². The van der Waals surface area contributed by atoms with Gasteiger partial charge in [0.1, 0.15) is 0 Å². The van der Waals surface area contributed by atoms with Crippen molar-refractivity contribution in [2.45, 2.75) is 26.7 Å². The van der Waals surface area contributed by atoms with Crippen LogP contribution in [0.1, 0.15) is 25.8 Å². The van der Waals surface area contributed by atoms with Gasteiger partial charge in [0, 0.05) is 11.6 Å². The zero-order valence-electron chi connectivity index (χ0n) is 14.1. The van der Waals surface area contributed by atoms with Crippen LogP contribution in [-0.2, 0) is 6.42 Å². The molecular formula is C19H26N2OS. The quantitative estimate of drug-likeness (QED) is 0.671. The second kappa shape index (κ2) is 11.6. The molecule has 0 unspecified atom stereocenters. The smallest absolute Gasteiger partial charge is 0.151 e. The van der Waals surface area contributed by atoms with Gasteiger partial charge in [0.25, 0.3) is 0 Å². The molecule has 2 N–H and O–H groups in total. The van der Waals surface area contributed by atoms with Gasteiger partial charge in [0.15, 0.2) is 5.75 Å². The molecule has 0 saturated heterocycles. The largest absolute Gasteiger partial charge is 0.505 e. The maximum Gasteiger partial charge on any atom is 0.151 e. The first kappa shape index (κ1) is 19.1. The van der Waals surface area contributed by atoms with E-state index < -0.39 is 0 Å². The number of nitrogens with one attached hydrogen (secondary N) is 1. The Kier molecular flexibility index (Phi) is 9.68. The number of rotatable bonds is 4. The van der Waals surface area contributed by atoms with Crippen LogP contribution in [0.5, 0.6) is 5.75 Å². The molecule has 3 nitrogen and oxygen atoms in total. The van der Waals surface area contributed by atoms with Crippen LogP contribution in [0.4, 0.5) is 0 Å². The minimum Gasteiger partial charge on any atom is -0.505 e. The van der Waals surface area contributed by atoms with Gasteiger partial charge in [-0.15, -0.1) is 11.3 Å². The van der Waals surface area contributed by atoms with Gasteiger partial charge in [0.2, 0.25) is 0 Å². The van der Waals surface area contributed by atoms with Gasteiger partial charge < -0.3 is 10.4 Å². The predicted octanol–water partition coefficient (Wildman–Crippen LogP) is 4.87. The topological polar surface area (TPSA) is 45.1 Å². The van der Waals surface area contributed by atoms with Gasteiger partial charge in [0.05, 0.1) is 10.9 Å². The fourth-order valence-electron chi connectivity index (χ4n) is 1.99. The van der Waals surface area contributed by atoms with E-state index in [1.807, 2.05) is 32.3 Å². The number of thiophene rings is 1. The lowest BCUT2D eigenvalue weighted by molar-refractivity contribution is 0.480. The van der Waals surface area contributed by atoms with Crippen LogP contribution in [-0.4, -0.2) is 23.7 Å². The molecule has 0 bridgehead atoms. The molecule has 0 amide bonds. The maximum atomic E-state index is 9.21. The number of hydrogen-bond acceptors (Lipinski definition) is 4. The van der Waals surface area contributed by atoms with Gasteiger partial charge in [-0.1, -0.05) is 44.2 Å². The molecule has 0 atom stereocenters. The zero-order valence-corrected chi connectivity index (χ0v) is 14.9. The van der Waals surface area contributed by atoms with Crippen molar-refractivity contribution in [3.8, 4) is 5.75 Å². The number of fused-ring (bicyclic) bond motifs is 1. The lowest BCUT2D eigenvalue weighted by Gasteiger charge is -1.99. The first-order valence-corrected chi connectivity index (χ1v) is 8.88. The average Bonchev–Trinajstić information content (AvgIpc) is 3.09. The third-order valence-electron chi connectivity index (χ3n) is 3.07. The van der Waals surface area contributed by atoms with E-state index in [1.54, 1.807) is 6.20 Å². The van der Waals surface area contributed by atoms with Crippen LogP contribution < -0.4 is 5.32 Å². The van der Waals surface area contributed by atoms with Crippen molar-refractivity contribution >= 4 is 21.4 Å². The minimum atomic E-state index is 0.271. The van der Waals surface area contributed by atoms with E-state index in [0.29, 0.717) is 0 Å². The molecule has 0 aliphatic rings. The molecule has 0 radical (unpaired) electrons. The number of hydrogen-bond donors (Lipinski definition) is 2. The van der Waals surface area contributed by atoms with Crippen LogP contribution in [0.15, 0.2) is 54.2 Å². The van der Waals surface area contributed by atoms with Crippen molar-refractivity contribution in [1.29, 1.82) is 0 Å². The van der Waals surface area contributed by atoms with Gasteiger partial charge >= 0.3 is 0 Å². The second-order valence-electron chi connectivity index (χ2n) is 4.69. The van der Waals surface area contributed by atoms with Crippen molar-refractivity contribution in [2.24, 2.45) is 0 Å². The Morgan fingerprint density at radius 3 is 2.48 bits per heavy atom. The SMILES string of the molecule is CC.CNCCCc1ccccc1.Oc1cncc2ccsc12. The molecule has 4 heteroatoms. The summed E-state index contributed by atoms with van der Waals surface area (Å²) in [5.74, 6) is 0.271. The Morgan fingerprint density at radius 1 is 1.09 bits per heavy atom. The van der Waals surface area contributed by atoms with Crippen LogP contribution in [0, 0.1) is 0 Å². The molecule has 23 heavy (non-hydrogen) atoms. The van der Waals surface area contributed by atoms with Gasteiger partial charge in [-0.05, 0) is 43.4 Å². The summed E-state index contributed by atoms with van der Waals surface area (Å²) in [5, 5.41) is 15.3. The fraction of sp³-hybridized carbons (Fsp3) is 0.316. The van der Waals surface area contributed by atoms with Crippen molar-refractivity contribution in [3.05, 3.63) is 59.7 Å². The van der Waals surface area contributed by atoms with E-state index in [9.17, 15) is 5.11 Å². The molecule has 1 aromatic carbocycles. The van der Waals surface area contributed by atoms with E-state index in [2.05, 4.69) is 40.6 Å². The molecule has 0 saturated carbocycles. The predicted molar refractivity (Wildman–Crippen MR) is 101 cm³/mol. The van der Waals surface area contributed by atoms with Crippen LogP contribution >= 0.6 is 11.3 Å². The lowest BCUT2D eigenvalue weighted by Crippen LogP contribution is -2.08. The van der Waals surface area contributed by atoms with Crippen LogP contribution in [0.2, 0.25) is 0 Å². The summed E-state index contributed by atoms with van der Waals surface area (Å²) < 4.78 is 0.912. The monoisotopic (exact) mass is 330 g/mol. The van der Waals surface area contributed by atoms with Crippen molar-refractivity contribution in [1.82, 2.24) is 10.3 Å². The summed E-state index contributed by atoms with van der Waals surface area (Å²) in [6.45, 7) is 5.11. The standard InChI is InChI=1S/C10H15N.C7H5NOS.C2H6/c1-11-9-5-8-10-6-3-2-4-7-10;9-6-4-8-3-5-1-2-10-7(5)6;1-2/h2-4,6-7,11H,5,8-9H2,1H3;1-4,9H;1-2H3. The highest BCUT2D eigenvalue weighted by molar-refractivity contribution is 7.17. The summed E-state index contributed by atoms with van der Waals surface area (Å²) in [6, 6.07) is 12.5. The normalized spacial score (nSPS) is 9.52. The number of pyridine rings is 1. The number of aromatic nitrogens is 1. The van der Waals surface area contributed by atoms with E-state index >= 15 is 0 Å². The molecule has 3 rings (SSSR count). The fourth-order valence-corrected chi connectivity index (χ4v) is 2.77. The van der Waals surface area contributed by atoms with Crippen LogP contribution in [0.3, 0.4) is 0 Å². The maximum absolute atomic E-state index is 9.21. The molecule has 0 aliphatic carbocycles. The van der Waals surface area contributed by atoms with E-state index in [-0.39, 0.29) is 5.75 Å². The van der Waals surface area contributed by atoms with Crippen molar-refractivity contribution < 1.29 is 5.11 Å². The highest BCUT2D eigenvalue weighted by atomic mass is 32.1. The molecule has 2 aromatic heterocycles. The number of aryl methyl sites for hydroxylation is 1. The molecule has 2 heterocycles. The number of nitrogens with zero attached hydrogens (tertiary/aromatic N) is 1. The van der Waals surface area contributed by atoms with E-state index in [1.165, 1.54) is 35.9 Å². The Bertz CT molecular complexity index is 653. The lowest BCUT2D eigenvalue weighted by atomic mass is 10.1. The van der Waals surface area contributed by atoms with Gasteiger partial charge in [-0.2, -0.15) is 0 Å².